The summed E-state index contributed by atoms with van der Waals surface area (Å²) in [6.45, 7) is 25.7. The van der Waals surface area contributed by atoms with Crippen molar-refractivity contribution in [2.45, 2.75) is 143 Å². The number of nitrogen functional groups attached to an aromatic ring is 1. The van der Waals surface area contributed by atoms with Crippen LogP contribution in [0.2, 0.25) is 0 Å². The Morgan fingerprint density at radius 1 is 0.656 bits per heavy atom. The second-order valence-corrected chi connectivity index (χ2v) is 20.2. The van der Waals surface area contributed by atoms with Crippen LogP contribution in [0.4, 0.5) is 11.6 Å². The Morgan fingerprint density at radius 3 is 1.61 bits per heavy atom. The molecule has 0 amide bonds. The Bertz CT molecular complexity index is 2360. The normalized spacial score (nSPS) is 15.9. The number of Topliss-reactive ketones (excluding diaryl/α,β-unsaturated/α-hetero) is 3. The van der Waals surface area contributed by atoms with Crippen molar-refractivity contribution in [3.63, 3.8) is 0 Å². The molecular formula is C50H70N6O8. The molecule has 7 rings (SSSR count). The van der Waals surface area contributed by atoms with Gasteiger partial charge in [0, 0.05) is 64.5 Å². The van der Waals surface area contributed by atoms with E-state index >= 15 is 0 Å². The first-order chi connectivity index (χ1) is 29.7. The highest BCUT2D eigenvalue weighted by molar-refractivity contribution is 6.05. The first-order valence-corrected chi connectivity index (χ1v) is 21.7. The van der Waals surface area contributed by atoms with Crippen molar-refractivity contribution in [2.24, 2.45) is 0 Å². The van der Waals surface area contributed by atoms with E-state index < -0.39 is 0 Å². The van der Waals surface area contributed by atoms with E-state index in [-0.39, 0.29) is 51.6 Å². The summed E-state index contributed by atoms with van der Waals surface area (Å²) in [5.41, 5.74) is 12.2. The smallest absolute Gasteiger partial charge is 0.161 e. The second kappa shape index (κ2) is 19.9. The number of nitrogens with zero attached hydrogens (tertiary/aromatic N) is 4. The summed E-state index contributed by atoms with van der Waals surface area (Å²) in [5.74, 6) is 4.48. The average molecular weight is 883 g/mol. The maximum atomic E-state index is 13.1. The van der Waals surface area contributed by atoms with Crippen LogP contribution < -0.4 is 30.0 Å². The number of benzene rings is 2. The van der Waals surface area contributed by atoms with E-state index in [2.05, 4.69) is 98.2 Å². The molecule has 348 valence electrons. The molecule has 0 radical (unpaired) electrons. The van der Waals surface area contributed by atoms with Crippen molar-refractivity contribution in [1.29, 1.82) is 0 Å². The minimum absolute atomic E-state index is 0.0480. The number of aldehydes is 1. The molecule has 2 aromatic heterocycles. The lowest BCUT2D eigenvalue weighted by Crippen LogP contribution is -2.27. The molecule has 3 N–H and O–H groups in total. The SMILES string of the molecule is CC(C)(C)c1cc(N)n(C(C)(C)C)n1.COc1ccc(C2C3=C(CCC3=O)Nc3c2c(C(C)(C)C)nn3C(C)(C)C)cc1OC.COc1ccc(C=O)cc1OC.O=C1CCC(=O)C1. The number of hydrogen-bond donors (Lipinski definition) is 2. The summed E-state index contributed by atoms with van der Waals surface area (Å²) in [5, 5.41) is 13.3. The fourth-order valence-electron chi connectivity index (χ4n) is 7.56. The van der Waals surface area contributed by atoms with Crippen LogP contribution in [0.1, 0.15) is 154 Å². The number of carbonyl (C=O) groups is 4. The molecule has 0 spiro atoms. The highest BCUT2D eigenvalue weighted by Crippen LogP contribution is 2.51. The Hall–Kier alpha value is -5.92. The number of anilines is 2. The minimum atomic E-state index is -0.205. The first kappa shape index (κ1) is 50.7. The third-order valence-corrected chi connectivity index (χ3v) is 10.8. The molecule has 0 saturated heterocycles. The maximum absolute atomic E-state index is 13.1. The number of methoxy groups -OCH3 is 4. The van der Waals surface area contributed by atoms with Crippen molar-refractivity contribution in [2.75, 3.05) is 39.5 Å². The van der Waals surface area contributed by atoms with Crippen LogP contribution in [0.25, 0.3) is 0 Å². The van der Waals surface area contributed by atoms with Crippen LogP contribution in [0.3, 0.4) is 0 Å². The summed E-state index contributed by atoms with van der Waals surface area (Å²) in [6, 6.07) is 12.9. The van der Waals surface area contributed by atoms with Gasteiger partial charge in [-0.25, -0.2) is 9.36 Å². The molecule has 14 nitrogen and oxygen atoms in total. The molecule has 3 aliphatic rings. The zero-order chi connectivity index (χ0) is 48.1. The van der Waals surface area contributed by atoms with Crippen molar-refractivity contribution in [3.8, 4) is 23.0 Å². The molecule has 1 fully saturated rings. The van der Waals surface area contributed by atoms with E-state index in [0.717, 1.165) is 58.1 Å². The van der Waals surface area contributed by atoms with Crippen LogP contribution in [-0.2, 0) is 36.3 Å². The number of fused-ring (bicyclic) bond motifs is 1. The standard InChI is InChI=1S/C25H33N3O3.C11H21N3.C9H10O3.C5H6O2/c1-24(2,3)22-21-19(14-9-12-17(30-7)18(13-14)31-8)20-15(10-11-16(20)29)26-23(21)28(27-22)25(4,5)6;1-10(2,3)8-7-9(12)14(13-8)11(4,5)6;1-11-8-4-3-7(6-10)5-9(8)12-2;6-4-1-2-5(7)3-4/h9,12-13,19,26H,10-11H2,1-8H3;7H,12H2,1-6H3;3-6H,1-2H3;1-3H2. The molecule has 1 atom stereocenters. The predicted octanol–water partition coefficient (Wildman–Crippen LogP) is 9.47. The lowest BCUT2D eigenvalue weighted by molar-refractivity contribution is -0.121. The number of ketones is 3. The summed E-state index contributed by atoms with van der Waals surface area (Å²) in [6.07, 6.45) is 3.21. The van der Waals surface area contributed by atoms with Crippen molar-refractivity contribution in [3.05, 3.63) is 81.8 Å². The highest BCUT2D eigenvalue weighted by Gasteiger charge is 2.44. The average Bonchev–Trinajstić information content (AvgIpc) is 4.01. The topological polar surface area (TPSA) is 179 Å². The molecule has 0 bridgehead atoms. The van der Waals surface area contributed by atoms with Crippen LogP contribution in [0, 0.1) is 0 Å². The number of ether oxygens (including phenoxy) is 4. The summed E-state index contributed by atoms with van der Waals surface area (Å²) in [4.78, 5) is 43.9. The van der Waals surface area contributed by atoms with Crippen molar-refractivity contribution >= 4 is 35.3 Å². The summed E-state index contributed by atoms with van der Waals surface area (Å²) >= 11 is 0. The Kier molecular flexibility index (Phi) is 15.7. The van der Waals surface area contributed by atoms with Gasteiger partial charge in [-0.2, -0.15) is 10.2 Å². The molecule has 4 aromatic rings. The van der Waals surface area contributed by atoms with Gasteiger partial charge in [-0.1, -0.05) is 47.6 Å². The van der Waals surface area contributed by atoms with E-state index in [0.29, 0.717) is 47.8 Å². The van der Waals surface area contributed by atoms with Gasteiger partial charge < -0.3 is 30.0 Å². The Morgan fingerprint density at radius 2 is 1.19 bits per heavy atom. The fourth-order valence-corrected chi connectivity index (χ4v) is 7.56. The molecule has 64 heavy (non-hydrogen) atoms. The lowest BCUT2D eigenvalue weighted by atomic mass is 9.77. The third-order valence-electron chi connectivity index (χ3n) is 10.8. The van der Waals surface area contributed by atoms with E-state index in [1.54, 1.807) is 39.5 Å². The molecule has 1 unspecified atom stereocenters. The van der Waals surface area contributed by atoms with E-state index in [9.17, 15) is 19.2 Å². The highest BCUT2D eigenvalue weighted by atomic mass is 16.5. The molecule has 2 aromatic carbocycles. The monoisotopic (exact) mass is 883 g/mol. The van der Waals surface area contributed by atoms with Gasteiger partial charge in [0.25, 0.3) is 0 Å². The number of rotatable bonds is 6. The number of carbonyl (C=O) groups excluding carboxylic acids is 4. The number of allylic oxidation sites excluding steroid dienone is 2. The van der Waals surface area contributed by atoms with E-state index in [1.807, 2.05) is 28.9 Å². The molecule has 14 heteroatoms. The van der Waals surface area contributed by atoms with Gasteiger partial charge >= 0.3 is 0 Å². The molecule has 1 aliphatic heterocycles. The second-order valence-electron chi connectivity index (χ2n) is 20.2. The van der Waals surface area contributed by atoms with E-state index in [4.69, 9.17) is 29.8 Å². The quantitative estimate of drug-likeness (QED) is 0.139. The molecule has 3 heterocycles. The van der Waals surface area contributed by atoms with Gasteiger partial charge in [0.1, 0.15) is 29.5 Å². The molecule has 2 aliphatic carbocycles. The maximum Gasteiger partial charge on any atom is 0.161 e. The zero-order valence-corrected chi connectivity index (χ0v) is 40.9. The molecular weight excluding hydrogens is 813 g/mol. The Labute approximate surface area is 379 Å². The summed E-state index contributed by atoms with van der Waals surface area (Å²) in [7, 11) is 6.36. The van der Waals surface area contributed by atoms with E-state index in [1.165, 1.54) is 7.11 Å². The van der Waals surface area contributed by atoms with Crippen molar-refractivity contribution < 1.29 is 38.1 Å². The minimum Gasteiger partial charge on any atom is -0.493 e. The van der Waals surface area contributed by atoms with Gasteiger partial charge in [-0.15, -0.1) is 0 Å². The largest absolute Gasteiger partial charge is 0.493 e. The van der Waals surface area contributed by atoms with Gasteiger partial charge in [0.2, 0.25) is 0 Å². The molecule has 1 saturated carbocycles. The van der Waals surface area contributed by atoms with Crippen LogP contribution in [0.15, 0.2) is 53.7 Å². The van der Waals surface area contributed by atoms with Gasteiger partial charge in [-0.05, 0) is 83.9 Å². The zero-order valence-electron chi connectivity index (χ0n) is 40.9. The van der Waals surface area contributed by atoms with Gasteiger partial charge in [-0.3, -0.25) is 19.2 Å². The number of nitrogens with one attached hydrogen (secondary N) is 1. The Balaban J connectivity index is 0.000000223. The van der Waals surface area contributed by atoms with Crippen LogP contribution in [-0.4, -0.2) is 71.6 Å². The number of aromatic nitrogens is 4. The fraction of sp³-hybridized carbons (Fsp3) is 0.520. The van der Waals surface area contributed by atoms with Crippen LogP contribution >= 0.6 is 0 Å². The van der Waals surface area contributed by atoms with Gasteiger partial charge in [0.05, 0.1) is 57.3 Å². The number of nitrogens with two attached hydrogens (primary N) is 1. The third kappa shape index (κ3) is 11.8. The predicted molar refractivity (Wildman–Crippen MR) is 251 cm³/mol. The lowest BCUT2D eigenvalue weighted by Gasteiger charge is -2.31. The number of hydrogen-bond acceptors (Lipinski definition) is 12. The summed E-state index contributed by atoms with van der Waals surface area (Å²) < 4.78 is 25.0. The first-order valence-electron chi connectivity index (χ1n) is 21.7. The van der Waals surface area contributed by atoms with Crippen LogP contribution in [0.5, 0.6) is 23.0 Å². The van der Waals surface area contributed by atoms with Gasteiger partial charge in [0.15, 0.2) is 28.8 Å². The van der Waals surface area contributed by atoms with Crippen molar-refractivity contribution in [1.82, 2.24) is 19.6 Å².